The Morgan fingerprint density at radius 3 is 2.64 bits per heavy atom. The lowest BCUT2D eigenvalue weighted by molar-refractivity contribution is 0.531. The molecule has 64 valence electrons. The van der Waals surface area contributed by atoms with Gasteiger partial charge in [0, 0.05) is 11.6 Å². The van der Waals surface area contributed by atoms with E-state index in [-0.39, 0.29) is 17.9 Å². The molecule has 0 aliphatic carbocycles. The zero-order valence-corrected chi connectivity index (χ0v) is 8.30. The molecule has 3 heteroatoms. The summed E-state index contributed by atoms with van der Waals surface area (Å²) in [6.07, 6.45) is 6.15. The maximum Gasteiger partial charge on any atom is 0.0663 e. The molecule has 0 spiro atoms. The van der Waals surface area contributed by atoms with Crippen molar-refractivity contribution < 1.29 is 0 Å². The van der Waals surface area contributed by atoms with Gasteiger partial charge in [-0.1, -0.05) is 12.2 Å². The summed E-state index contributed by atoms with van der Waals surface area (Å²) in [6, 6.07) is 0. The van der Waals surface area contributed by atoms with E-state index in [9.17, 15) is 0 Å². The van der Waals surface area contributed by atoms with Crippen molar-refractivity contribution >= 4 is 24.0 Å². The number of nitrogens with one attached hydrogen (secondary N) is 1. The standard InChI is InChI=1S/C8H12ClN.ClH/c1-7-4-3-5-8(2,6-9)10-7;/h3-5,10H,6H2,1-2H3;1H. The monoisotopic (exact) mass is 193 g/mol. The van der Waals surface area contributed by atoms with E-state index in [4.69, 9.17) is 11.6 Å². The fourth-order valence-electron chi connectivity index (χ4n) is 1.02. The van der Waals surface area contributed by atoms with Gasteiger partial charge in [0.25, 0.3) is 0 Å². The van der Waals surface area contributed by atoms with Crippen LogP contribution in [0.2, 0.25) is 0 Å². The SMILES string of the molecule is CC1=CC=CC(C)(CCl)N1.Cl. The molecular formula is C8H13Cl2N. The molecule has 0 saturated heterocycles. The first kappa shape index (κ1) is 10.9. The first-order valence-electron chi connectivity index (χ1n) is 3.36. The van der Waals surface area contributed by atoms with Crippen LogP contribution in [-0.4, -0.2) is 11.4 Å². The second-order valence-electron chi connectivity index (χ2n) is 2.88. The molecule has 0 amide bonds. The van der Waals surface area contributed by atoms with Crippen LogP contribution in [0.1, 0.15) is 13.8 Å². The molecule has 0 aromatic heterocycles. The molecule has 0 aromatic rings. The first-order valence-corrected chi connectivity index (χ1v) is 3.90. The normalized spacial score (nSPS) is 28.5. The molecule has 1 rings (SSSR count). The van der Waals surface area contributed by atoms with Crippen LogP contribution >= 0.6 is 24.0 Å². The Labute approximate surface area is 78.9 Å². The van der Waals surface area contributed by atoms with E-state index in [0.717, 1.165) is 0 Å². The molecule has 1 N–H and O–H groups in total. The minimum absolute atomic E-state index is 0. The number of dihydropyridines is 1. The van der Waals surface area contributed by atoms with Crippen molar-refractivity contribution in [2.24, 2.45) is 0 Å². The van der Waals surface area contributed by atoms with Gasteiger partial charge in [0.15, 0.2) is 0 Å². The van der Waals surface area contributed by atoms with Gasteiger partial charge in [-0.15, -0.1) is 24.0 Å². The van der Waals surface area contributed by atoms with Gasteiger partial charge >= 0.3 is 0 Å². The molecule has 0 bridgehead atoms. The Balaban J connectivity index is 0.000001000. The van der Waals surface area contributed by atoms with Crippen molar-refractivity contribution in [2.45, 2.75) is 19.4 Å². The number of hydrogen-bond acceptors (Lipinski definition) is 1. The molecule has 0 aromatic carbocycles. The van der Waals surface area contributed by atoms with Gasteiger partial charge in [-0.05, 0) is 19.9 Å². The summed E-state index contributed by atoms with van der Waals surface area (Å²) >= 11 is 5.75. The van der Waals surface area contributed by atoms with Gasteiger partial charge in [0.2, 0.25) is 0 Å². The zero-order chi connectivity index (χ0) is 7.61. The fraction of sp³-hybridized carbons (Fsp3) is 0.500. The quantitative estimate of drug-likeness (QED) is 0.632. The molecule has 11 heavy (non-hydrogen) atoms. The van der Waals surface area contributed by atoms with Crippen molar-refractivity contribution in [1.82, 2.24) is 5.32 Å². The number of hydrogen-bond donors (Lipinski definition) is 1. The van der Waals surface area contributed by atoms with Crippen LogP contribution in [0.3, 0.4) is 0 Å². The Morgan fingerprint density at radius 2 is 2.27 bits per heavy atom. The topological polar surface area (TPSA) is 12.0 Å². The van der Waals surface area contributed by atoms with Crippen molar-refractivity contribution in [3.8, 4) is 0 Å². The zero-order valence-electron chi connectivity index (χ0n) is 6.73. The molecule has 1 heterocycles. The highest BCUT2D eigenvalue weighted by molar-refractivity contribution is 6.18. The molecule has 0 saturated carbocycles. The van der Waals surface area contributed by atoms with Gasteiger partial charge in [-0.2, -0.15) is 0 Å². The van der Waals surface area contributed by atoms with E-state index in [1.165, 1.54) is 5.70 Å². The summed E-state index contributed by atoms with van der Waals surface area (Å²) in [5, 5.41) is 3.28. The van der Waals surface area contributed by atoms with Gasteiger partial charge in [-0.3, -0.25) is 0 Å². The fourth-order valence-corrected chi connectivity index (χ4v) is 1.17. The molecule has 1 atom stereocenters. The Bertz CT molecular complexity index is 187. The molecule has 0 fully saturated rings. The van der Waals surface area contributed by atoms with Crippen LogP contribution in [0.15, 0.2) is 23.9 Å². The van der Waals surface area contributed by atoms with Crippen molar-refractivity contribution in [3.05, 3.63) is 23.9 Å². The predicted molar refractivity (Wildman–Crippen MR) is 52.4 cm³/mol. The molecule has 1 aliphatic heterocycles. The lowest BCUT2D eigenvalue weighted by Gasteiger charge is -2.28. The van der Waals surface area contributed by atoms with Gasteiger partial charge in [0.1, 0.15) is 0 Å². The van der Waals surface area contributed by atoms with Crippen molar-refractivity contribution in [3.63, 3.8) is 0 Å². The summed E-state index contributed by atoms with van der Waals surface area (Å²) in [6.45, 7) is 4.11. The second-order valence-corrected chi connectivity index (χ2v) is 3.15. The van der Waals surface area contributed by atoms with Crippen LogP contribution in [0.5, 0.6) is 0 Å². The van der Waals surface area contributed by atoms with Crippen LogP contribution in [0, 0.1) is 0 Å². The van der Waals surface area contributed by atoms with E-state index >= 15 is 0 Å². The summed E-state index contributed by atoms with van der Waals surface area (Å²) in [5.41, 5.74) is 1.13. The molecule has 0 radical (unpaired) electrons. The number of alkyl halides is 1. The van der Waals surface area contributed by atoms with Crippen LogP contribution in [0.25, 0.3) is 0 Å². The highest BCUT2D eigenvalue weighted by atomic mass is 35.5. The summed E-state index contributed by atoms with van der Waals surface area (Å²) < 4.78 is 0. The smallest absolute Gasteiger partial charge is 0.0663 e. The third kappa shape index (κ3) is 2.76. The van der Waals surface area contributed by atoms with Crippen molar-refractivity contribution in [1.29, 1.82) is 0 Å². The average molecular weight is 194 g/mol. The van der Waals surface area contributed by atoms with Gasteiger partial charge < -0.3 is 5.32 Å². The maximum atomic E-state index is 5.75. The lowest BCUT2D eigenvalue weighted by Crippen LogP contribution is -2.42. The van der Waals surface area contributed by atoms with Crippen LogP contribution in [-0.2, 0) is 0 Å². The molecular weight excluding hydrogens is 181 g/mol. The van der Waals surface area contributed by atoms with E-state index in [0.29, 0.717) is 5.88 Å². The van der Waals surface area contributed by atoms with Crippen LogP contribution in [0.4, 0.5) is 0 Å². The average Bonchev–Trinajstić information content (AvgIpc) is 1.88. The summed E-state index contributed by atoms with van der Waals surface area (Å²) in [4.78, 5) is 0. The third-order valence-electron chi connectivity index (χ3n) is 1.57. The number of halogens is 2. The second kappa shape index (κ2) is 4.03. The highest BCUT2D eigenvalue weighted by Gasteiger charge is 2.20. The lowest BCUT2D eigenvalue weighted by atomic mass is 10.0. The van der Waals surface area contributed by atoms with Gasteiger partial charge in [-0.25, -0.2) is 0 Å². The van der Waals surface area contributed by atoms with E-state index < -0.39 is 0 Å². The minimum atomic E-state index is -0.0413. The molecule has 1 aliphatic rings. The molecule has 1 unspecified atom stereocenters. The Hall–Kier alpha value is -0.140. The van der Waals surface area contributed by atoms with E-state index in [2.05, 4.69) is 18.3 Å². The highest BCUT2D eigenvalue weighted by Crippen LogP contribution is 2.14. The van der Waals surface area contributed by atoms with E-state index in [1.807, 2.05) is 19.1 Å². The predicted octanol–water partition coefficient (Wildman–Crippen LogP) is 2.47. The maximum absolute atomic E-state index is 5.75. The summed E-state index contributed by atoms with van der Waals surface area (Å²) in [7, 11) is 0. The summed E-state index contributed by atoms with van der Waals surface area (Å²) in [5.74, 6) is 0.606. The first-order chi connectivity index (χ1) is 4.66. The Morgan fingerprint density at radius 1 is 1.64 bits per heavy atom. The van der Waals surface area contributed by atoms with E-state index in [1.54, 1.807) is 0 Å². The largest absolute Gasteiger partial charge is 0.379 e. The third-order valence-corrected chi connectivity index (χ3v) is 2.13. The van der Waals surface area contributed by atoms with Gasteiger partial charge in [0.05, 0.1) is 5.54 Å². The molecule has 1 nitrogen and oxygen atoms in total. The van der Waals surface area contributed by atoms with Crippen LogP contribution < -0.4 is 5.32 Å². The number of rotatable bonds is 1. The van der Waals surface area contributed by atoms with Crippen molar-refractivity contribution in [2.75, 3.05) is 5.88 Å². The minimum Gasteiger partial charge on any atom is -0.379 e. The number of allylic oxidation sites excluding steroid dienone is 3. The Kier molecular flexibility index (Phi) is 3.98.